The van der Waals surface area contributed by atoms with E-state index < -0.39 is 6.10 Å². The van der Waals surface area contributed by atoms with Crippen LogP contribution < -0.4 is 0 Å². The lowest BCUT2D eigenvalue weighted by Gasteiger charge is -2.18. The predicted octanol–water partition coefficient (Wildman–Crippen LogP) is 3.94. The summed E-state index contributed by atoms with van der Waals surface area (Å²) in [5.74, 6) is 0.775. The Morgan fingerprint density at radius 1 is 1.42 bits per heavy atom. The predicted molar refractivity (Wildman–Crippen MR) is 103 cm³/mol. The highest BCUT2D eigenvalue weighted by atomic mass is 16.5. The SMILES string of the molecule is CCCCC[C@H](O)C=C[C@H]1[C@H]2CC(C=CCCC(=O)OC)=C[C@H]2C[C@H]1O. The number of carbonyl (C=O) groups is 1. The molecule has 146 valence electrons. The summed E-state index contributed by atoms with van der Waals surface area (Å²) in [6, 6.07) is 0. The number of aliphatic hydroxyl groups is 2. The lowest BCUT2D eigenvalue weighted by atomic mass is 9.89. The fraction of sp³-hybridized carbons (Fsp3) is 0.682. The molecule has 0 aromatic carbocycles. The molecule has 0 bridgehead atoms. The maximum atomic E-state index is 11.1. The molecule has 5 atom stereocenters. The third kappa shape index (κ3) is 6.10. The highest BCUT2D eigenvalue weighted by Crippen LogP contribution is 2.47. The first-order valence-electron chi connectivity index (χ1n) is 10.0. The number of aliphatic hydroxyl groups excluding tert-OH is 2. The highest BCUT2D eigenvalue weighted by Gasteiger charge is 2.42. The van der Waals surface area contributed by atoms with Gasteiger partial charge in [-0.15, -0.1) is 0 Å². The van der Waals surface area contributed by atoms with Crippen molar-refractivity contribution in [3.05, 3.63) is 36.0 Å². The molecule has 0 aromatic heterocycles. The maximum absolute atomic E-state index is 11.1. The number of carbonyl (C=O) groups excluding carboxylic acids is 1. The Balaban J connectivity index is 1.83. The molecule has 0 radical (unpaired) electrons. The fourth-order valence-corrected chi connectivity index (χ4v) is 4.16. The van der Waals surface area contributed by atoms with E-state index in [-0.39, 0.29) is 18.0 Å². The average Bonchev–Trinajstić information content (AvgIpc) is 3.13. The van der Waals surface area contributed by atoms with Gasteiger partial charge in [-0.1, -0.05) is 62.1 Å². The van der Waals surface area contributed by atoms with Crippen molar-refractivity contribution in [3.63, 3.8) is 0 Å². The second-order valence-electron chi connectivity index (χ2n) is 7.62. The lowest BCUT2D eigenvalue weighted by Crippen LogP contribution is -2.17. The first-order valence-corrected chi connectivity index (χ1v) is 10.0. The summed E-state index contributed by atoms with van der Waals surface area (Å²) in [5.41, 5.74) is 1.29. The Hall–Kier alpha value is -1.39. The van der Waals surface area contributed by atoms with Crippen LogP contribution in [-0.2, 0) is 9.53 Å². The van der Waals surface area contributed by atoms with Crippen LogP contribution >= 0.6 is 0 Å². The van der Waals surface area contributed by atoms with E-state index in [2.05, 4.69) is 23.8 Å². The number of unbranched alkanes of at least 4 members (excludes halogenated alkanes) is 2. The summed E-state index contributed by atoms with van der Waals surface area (Å²) in [7, 11) is 1.41. The zero-order chi connectivity index (χ0) is 18.9. The van der Waals surface area contributed by atoms with E-state index in [4.69, 9.17) is 0 Å². The highest BCUT2D eigenvalue weighted by molar-refractivity contribution is 5.69. The Labute approximate surface area is 157 Å². The minimum Gasteiger partial charge on any atom is -0.469 e. The summed E-state index contributed by atoms with van der Waals surface area (Å²) in [5, 5.41) is 20.5. The minimum absolute atomic E-state index is 0.123. The smallest absolute Gasteiger partial charge is 0.305 e. The van der Waals surface area contributed by atoms with Crippen LogP contribution in [0.4, 0.5) is 0 Å². The van der Waals surface area contributed by atoms with Gasteiger partial charge in [0.2, 0.25) is 0 Å². The fourth-order valence-electron chi connectivity index (χ4n) is 4.16. The number of methoxy groups -OCH3 is 1. The number of hydrogen-bond acceptors (Lipinski definition) is 4. The van der Waals surface area contributed by atoms with Gasteiger partial charge in [0.15, 0.2) is 0 Å². The number of hydrogen-bond donors (Lipinski definition) is 2. The molecule has 26 heavy (non-hydrogen) atoms. The molecule has 0 aromatic rings. The molecule has 4 nitrogen and oxygen atoms in total. The van der Waals surface area contributed by atoms with E-state index in [1.54, 1.807) is 0 Å². The van der Waals surface area contributed by atoms with Gasteiger partial charge in [0.25, 0.3) is 0 Å². The van der Waals surface area contributed by atoms with Crippen molar-refractivity contribution in [2.45, 2.75) is 70.5 Å². The number of fused-ring (bicyclic) bond motifs is 1. The molecule has 0 spiro atoms. The third-order valence-electron chi connectivity index (χ3n) is 5.64. The molecule has 0 aliphatic heterocycles. The Morgan fingerprint density at radius 3 is 2.96 bits per heavy atom. The second-order valence-corrected chi connectivity index (χ2v) is 7.62. The lowest BCUT2D eigenvalue weighted by molar-refractivity contribution is -0.140. The van der Waals surface area contributed by atoms with E-state index in [0.29, 0.717) is 24.7 Å². The van der Waals surface area contributed by atoms with Crippen LogP contribution in [0.3, 0.4) is 0 Å². The van der Waals surface area contributed by atoms with Crippen molar-refractivity contribution < 1.29 is 19.7 Å². The molecule has 2 aliphatic carbocycles. The first-order chi connectivity index (χ1) is 12.5. The van der Waals surface area contributed by atoms with Crippen LogP contribution in [0.15, 0.2) is 36.0 Å². The Kier molecular flexibility index (Phi) is 8.60. The van der Waals surface area contributed by atoms with Gasteiger partial charge >= 0.3 is 5.97 Å². The zero-order valence-corrected chi connectivity index (χ0v) is 16.1. The molecular formula is C22H34O4. The second kappa shape index (κ2) is 10.7. The Bertz CT molecular complexity index is 534. The maximum Gasteiger partial charge on any atom is 0.305 e. The van der Waals surface area contributed by atoms with Crippen molar-refractivity contribution >= 4 is 5.97 Å². The van der Waals surface area contributed by atoms with Crippen molar-refractivity contribution in [2.24, 2.45) is 17.8 Å². The molecule has 0 unspecified atom stereocenters. The quantitative estimate of drug-likeness (QED) is 0.351. The molecule has 2 N–H and O–H groups in total. The number of allylic oxidation sites excluding steroid dienone is 4. The summed E-state index contributed by atoms with van der Waals surface area (Å²) in [6.07, 6.45) is 16.6. The van der Waals surface area contributed by atoms with E-state index in [0.717, 1.165) is 38.5 Å². The van der Waals surface area contributed by atoms with Gasteiger partial charge in [0.1, 0.15) is 0 Å². The number of rotatable bonds is 10. The van der Waals surface area contributed by atoms with Crippen LogP contribution in [0.2, 0.25) is 0 Å². The largest absolute Gasteiger partial charge is 0.469 e. The molecule has 2 aliphatic rings. The van der Waals surface area contributed by atoms with Gasteiger partial charge in [-0.05, 0) is 37.5 Å². The van der Waals surface area contributed by atoms with Gasteiger partial charge in [0, 0.05) is 12.3 Å². The van der Waals surface area contributed by atoms with E-state index >= 15 is 0 Å². The summed E-state index contributed by atoms with van der Waals surface area (Å²) in [6.45, 7) is 2.16. The summed E-state index contributed by atoms with van der Waals surface area (Å²) in [4.78, 5) is 11.1. The zero-order valence-electron chi connectivity index (χ0n) is 16.1. The van der Waals surface area contributed by atoms with Crippen LogP contribution in [0.5, 0.6) is 0 Å². The van der Waals surface area contributed by atoms with E-state index in [9.17, 15) is 15.0 Å². The molecule has 2 rings (SSSR count). The van der Waals surface area contributed by atoms with Gasteiger partial charge in [-0.25, -0.2) is 0 Å². The topological polar surface area (TPSA) is 66.8 Å². The van der Waals surface area contributed by atoms with Gasteiger partial charge in [0.05, 0.1) is 19.3 Å². The number of esters is 1. The van der Waals surface area contributed by atoms with Crippen molar-refractivity contribution in [1.29, 1.82) is 0 Å². The van der Waals surface area contributed by atoms with Crippen LogP contribution in [-0.4, -0.2) is 35.5 Å². The first kappa shape index (κ1) is 20.9. The van der Waals surface area contributed by atoms with Crippen molar-refractivity contribution in [2.75, 3.05) is 7.11 Å². The molecule has 0 amide bonds. The minimum atomic E-state index is -0.403. The van der Waals surface area contributed by atoms with Crippen LogP contribution in [0.25, 0.3) is 0 Å². The van der Waals surface area contributed by atoms with Gasteiger partial charge in [-0.3, -0.25) is 4.79 Å². The third-order valence-corrected chi connectivity index (χ3v) is 5.64. The number of ether oxygens (including phenoxy) is 1. The van der Waals surface area contributed by atoms with E-state index in [1.165, 1.54) is 12.7 Å². The molecule has 0 saturated heterocycles. The monoisotopic (exact) mass is 362 g/mol. The summed E-state index contributed by atoms with van der Waals surface area (Å²) < 4.78 is 4.64. The molecule has 4 heteroatoms. The van der Waals surface area contributed by atoms with Crippen molar-refractivity contribution in [1.82, 2.24) is 0 Å². The van der Waals surface area contributed by atoms with Crippen LogP contribution in [0, 0.1) is 17.8 Å². The molecule has 1 saturated carbocycles. The van der Waals surface area contributed by atoms with Gasteiger partial charge in [-0.2, -0.15) is 0 Å². The standard InChI is InChI=1S/C22H34O4/c1-3-4-5-9-18(23)11-12-19-20-14-16(13-17(20)15-21(19)24)8-6-7-10-22(25)26-2/h6,8,11-13,17-21,23-24H,3-5,7,9-10,14-15H2,1-2H3/t17-,18-,19-,20-,21+/m0/s1. The molecular weight excluding hydrogens is 328 g/mol. The normalized spacial score (nSPS) is 29.3. The molecule has 1 fully saturated rings. The van der Waals surface area contributed by atoms with E-state index in [1.807, 2.05) is 18.2 Å². The van der Waals surface area contributed by atoms with Crippen molar-refractivity contribution in [3.8, 4) is 0 Å². The Morgan fingerprint density at radius 2 is 2.23 bits per heavy atom. The van der Waals surface area contributed by atoms with Crippen LogP contribution in [0.1, 0.15) is 58.3 Å². The average molecular weight is 363 g/mol. The molecule has 0 heterocycles. The van der Waals surface area contributed by atoms with Gasteiger partial charge < -0.3 is 14.9 Å². The summed E-state index contributed by atoms with van der Waals surface area (Å²) >= 11 is 0.